The molecule has 0 bridgehead atoms. The minimum Gasteiger partial charge on any atom is -0.381 e. The van der Waals surface area contributed by atoms with E-state index in [0.29, 0.717) is 98.0 Å². The Labute approximate surface area is 577 Å². The number of amides is 3. The molecule has 0 saturated carbocycles. The molecule has 3 aromatic carbocycles. The number of ether oxygens (including phenoxy) is 3. The van der Waals surface area contributed by atoms with E-state index in [2.05, 4.69) is 154 Å². The molecule has 11 heterocycles. The van der Waals surface area contributed by atoms with Crippen LogP contribution in [-0.2, 0) is 71.0 Å². The van der Waals surface area contributed by atoms with Crippen LogP contribution in [0.1, 0.15) is 162 Å². The summed E-state index contributed by atoms with van der Waals surface area (Å²) in [4.78, 5) is 109. The van der Waals surface area contributed by atoms with Crippen molar-refractivity contribution in [2.75, 3.05) is 78.9 Å². The predicted octanol–water partition coefficient (Wildman–Crippen LogP) is 6.14. The van der Waals surface area contributed by atoms with E-state index in [1.165, 1.54) is 16.7 Å². The summed E-state index contributed by atoms with van der Waals surface area (Å²) in [6, 6.07) is 31.3. The number of imidazole rings is 1. The Hall–Kier alpha value is -8.57. The highest BCUT2D eigenvalue weighted by Crippen LogP contribution is 2.34. The lowest BCUT2D eigenvalue weighted by Gasteiger charge is -2.22. The molecule has 6 unspecified atom stereocenters. The molecule has 7 aromatic rings. The third-order valence-electron chi connectivity index (χ3n) is 19.4. The number of hydrogen-bond acceptors (Lipinski definition) is 21. The van der Waals surface area contributed by atoms with Gasteiger partial charge in [0.2, 0.25) is 5.91 Å². The minimum absolute atomic E-state index is 0. The average molecular weight is 1360 g/mol. The normalized spacial score (nSPS) is 22.4. The molecule has 7 aliphatic heterocycles. The lowest BCUT2D eigenvalue weighted by molar-refractivity contribution is -0.202. The standard InChI is InChI=1S/C22H29N5O3.C22H27N5O2.C16H21N5O.C10H13NO5.2CH4/c1-15-12-27(13-16-5-3-2-4-6-16)14-18(15)20-24-22(29)19(25-26-20)11-23-21(28)17-7-9-30-10-8-17;1-15-12-26(13-16-5-3-2-4-6-16)14-18(15)20-24-22(28)19-11-23-21(27(19)25-20)17-7-9-29-10-8-17;1-11-8-21(9-12-5-3-2-4-6-12)10-13(11)15-18-16(22)14(7-17)19-20-15;12-8-1-2-9(13)11(8)16-10(14)7-3-5-15-6-4-7;;/h2-6,15,17-18H,7-14H2,1H3,(H,23,28)(H,24,26,29);2-6,11,15,17-18H,7-10,12-14H2,1H3,(H,24,25,28);2-6,11,13H,7-10,17H2,1H3,(H,18,20,22);7H,1-6H2;2*1H4. The van der Waals surface area contributed by atoms with Crippen LogP contribution in [0, 0.1) is 29.6 Å². The fourth-order valence-corrected chi connectivity index (χ4v) is 13.9. The van der Waals surface area contributed by atoms with E-state index in [9.17, 15) is 33.6 Å². The number of nitrogens with one attached hydrogen (secondary N) is 4. The number of benzene rings is 3. The molecule has 99 heavy (non-hydrogen) atoms. The molecule has 6 N–H and O–H groups in total. The second-order valence-corrected chi connectivity index (χ2v) is 26.6. The monoisotopic (exact) mass is 1360 g/mol. The summed E-state index contributed by atoms with van der Waals surface area (Å²) in [5.41, 5.74) is 9.81. The van der Waals surface area contributed by atoms with Crippen molar-refractivity contribution in [1.29, 1.82) is 0 Å². The van der Waals surface area contributed by atoms with Gasteiger partial charge in [0.25, 0.3) is 28.5 Å². The van der Waals surface area contributed by atoms with Crippen molar-refractivity contribution in [2.24, 2.45) is 35.3 Å². The fraction of sp³-hybridized carbons (Fsp3) is 0.542. The highest BCUT2D eigenvalue weighted by Gasteiger charge is 2.38. The molecule has 7 fully saturated rings. The molecule has 4 aromatic heterocycles. The van der Waals surface area contributed by atoms with Crippen molar-refractivity contribution in [3.8, 4) is 0 Å². The maximum absolute atomic E-state index is 12.7. The van der Waals surface area contributed by atoms with E-state index in [1.807, 2.05) is 18.2 Å². The molecule has 27 heteroatoms. The quantitative estimate of drug-likeness (QED) is 0.0678. The Bertz CT molecular complexity index is 3920. The maximum Gasteiger partial charge on any atom is 0.336 e. The summed E-state index contributed by atoms with van der Waals surface area (Å²) in [6.07, 6.45) is 6.34. The van der Waals surface area contributed by atoms with Gasteiger partial charge in [0, 0.05) is 148 Å². The number of likely N-dealkylation sites (tertiary alicyclic amines) is 3. The van der Waals surface area contributed by atoms with Crippen LogP contribution in [0.15, 0.2) is 112 Å². The zero-order valence-corrected chi connectivity index (χ0v) is 55.6. The molecule has 14 rings (SSSR count). The van der Waals surface area contributed by atoms with Crippen LogP contribution in [0.2, 0.25) is 0 Å². The van der Waals surface area contributed by atoms with Gasteiger partial charge in [-0.2, -0.15) is 5.10 Å². The Morgan fingerprint density at radius 1 is 0.535 bits per heavy atom. The molecule has 0 spiro atoms. The third-order valence-corrected chi connectivity index (χ3v) is 19.4. The van der Waals surface area contributed by atoms with Crippen LogP contribution in [0.4, 0.5) is 0 Å². The van der Waals surface area contributed by atoms with E-state index in [0.717, 1.165) is 96.6 Å². The number of nitrogens with zero attached hydrogens (tertiary/aromatic N) is 11. The van der Waals surface area contributed by atoms with Crippen molar-refractivity contribution in [1.82, 2.24) is 75.0 Å². The largest absolute Gasteiger partial charge is 0.381 e. The Morgan fingerprint density at radius 3 is 1.39 bits per heavy atom. The van der Waals surface area contributed by atoms with Crippen molar-refractivity contribution >= 4 is 29.2 Å². The van der Waals surface area contributed by atoms with E-state index in [1.54, 1.807) is 10.7 Å². The zero-order valence-electron chi connectivity index (χ0n) is 55.6. The van der Waals surface area contributed by atoms with Gasteiger partial charge < -0.3 is 45.1 Å². The molecule has 7 saturated heterocycles. The van der Waals surface area contributed by atoms with Gasteiger partial charge in [-0.3, -0.25) is 43.5 Å². The Balaban J connectivity index is 0.000000157. The molecule has 532 valence electrons. The number of aromatic nitrogens is 10. The van der Waals surface area contributed by atoms with Crippen LogP contribution < -0.4 is 27.7 Å². The smallest absolute Gasteiger partial charge is 0.336 e. The molecular formula is C72H98N16O11. The summed E-state index contributed by atoms with van der Waals surface area (Å²) in [7, 11) is 0. The molecule has 0 aliphatic carbocycles. The van der Waals surface area contributed by atoms with E-state index < -0.39 is 17.8 Å². The fourth-order valence-electron chi connectivity index (χ4n) is 13.9. The average Bonchev–Trinajstić information content (AvgIpc) is 1.65. The molecule has 3 amide bonds. The highest BCUT2D eigenvalue weighted by molar-refractivity contribution is 6.01. The van der Waals surface area contributed by atoms with Crippen LogP contribution in [-0.4, -0.2) is 172 Å². The number of rotatable bonds is 16. The van der Waals surface area contributed by atoms with Crippen LogP contribution in [0.25, 0.3) is 5.52 Å². The number of aromatic amines is 3. The van der Waals surface area contributed by atoms with Gasteiger partial charge in [-0.1, -0.05) is 127 Å². The number of carbonyl (C=O) groups is 4. The SMILES string of the molecule is C.C.CC1CN(Cc2ccccc2)CC1c1nn2c(C3CCOCC3)ncc2c(=O)[nH]1.CC1CN(Cc2ccccc2)CC1c1nnc(CN)c(=O)[nH]1.CC1CN(Cc2ccccc2)CC1c1nnc(CNC(=O)C2CCOCC2)c(=O)[nH]1.O=C(ON1C(=O)CCC1=O)C1CCOCC1. The number of nitrogens with two attached hydrogens (primary N) is 1. The molecule has 7 aliphatic rings. The predicted molar refractivity (Wildman–Crippen MR) is 370 cm³/mol. The van der Waals surface area contributed by atoms with E-state index >= 15 is 0 Å². The summed E-state index contributed by atoms with van der Waals surface area (Å²) < 4.78 is 17.7. The van der Waals surface area contributed by atoms with Gasteiger partial charge in [-0.15, -0.1) is 25.5 Å². The second-order valence-electron chi connectivity index (χ2n) is 26.6. The van der Waals surface area contributed by atoms with Crippen LogP contribution in [0.5, 0.6) is 0 Å². The maximum atomic E-state index is 12.7. The van der Waals surface area contributed by atoms with Crippen molar-refractivity contribution in [3.05, 3.63) is 180 Å². The molecule has 0 radical (unpaired) electrons. The second kappa shape index (κ2) is 36.0. The van der Waals surface area contributed by atoms with Crippen molar-refractivity contribution in [3.63, 3.8) is 0 Å². The number of fused-ring (bicyclic) bond motifs is 1. The third kappa shape index (κ3) is 19.7. The lowest BCUT2D eigenvalue weighted by atomic mass is 9.97. The summed E-state index contributed by atoms with van der Waals surface area (Å²) >= 11 is 0. The number of hydrogen-bond donors (Lipinski definition) is 5. The first-order chi connectivity index (χ1) is 47.1. The number of H-pyrrole nitrogens is 3. The minimum atomic E-state index is -0.507. The summed E-state index contributed by atoms with van der Waals surface area (Å²) in [5, 5.41) is 24.8. The first kappa shape index (κ1) is 74.6. The number of hydroxylamine groups is 2. The topological polar surface area (TPSA) is 337 Å². The summed E-state index contributed by atoms with van der Waals surface area (Å²) in [6.45, 7) is 18.8. The van der Waals surface area contributed by atoms with Gasteiger partial charge in [-0.05, 0) is 73.0 Å². The molecular weight excluding hydrogens is 1260 g/mol. The van der Waals surface area contributed by atoms with E-state index in [-0.39, 0.29) is 104 Å². The lowest BCUT2D eigenvalue weighted by Crippen LogP contribution is -2.36. The van der Waals surface area contributed by atoms with Crippen LogP contribution >= 0.6 is 0 Å². The first-order valence-corrected chi connectivity index (χ1v) is 34.1. The van der Waals surface area contributed by atoms with Gasteiger partial charge in [0.15, 0.2) is 5.52 Å². The molecule has 6 atom stereocenters. The van der Waals surface area contributed by atoms with Crippen molar-refractivity contribution < 1.29 is 38.2 Å². The summed E-state index contributed by atoms with van der Waals surface area (Å²) in [5.74, 6) is 3.28. The van der Waals surface area contributed by atoms with Crippen LogP contribution in [0.3, 0.4) is 0 Å². The molecule has 27 nitrogen and oxygen atoms in total. The van der Waals surface area contributed by atoms with Gasteiger partial charge in [0.1, 0.15) is 34.7 Å². The van der Waals surface area contributed by atoms with Gasteiger partial charge in [-0.25, -0.2) is 14.3 Å². The zero-order chi connectivity index (χ0) is 67.8. The van der Waals surface area contributed by atoms with Gasteiger partial charge >= 0.3 is 5.97 Å². The van der Waals surface area contributed by atoms with E-state index in [4.69, 9.17) is 29.9 Å². The number of carbonyl (C=O) groups excluding carboxylic acids is 4. The first-order valence-electron chi connectivity index (χ1n) is 34.1. The number of imide groups is 1. The van der Waals surface area contributed by atoms with Crippen molar-refractivity contribution in [2.45, 2.75) is 143 Å². The Morgan fingerprint density at radius 2 is 0.949 bits per heavy atom. The Kier molecular flexibility index (Phi) is 27.1. The van der Waals surface area contributed by atoms with Gasteiger partial charge in [0.05, 0.1) is 18.7 Å². The highest BCUT2D eigenvalue weighted by atomic mass is 16.7.